The normalized spacial score (nSPS) is 35.9. The highest BCUT2D eigenvalue weighted by atomic mass is 32.2. The lowest BCUT2D eigenvalue weighted by atomic mass is 9.98. The maximum Gasteiger partial charge on any atom is 0.119 e. The molecule has 0 spiro atoms. The highest BCUT2D eigenvalue weighted by Gasteiger charge is 2.40. The Kier molecular flexibility index (Phi) is 2.77. The van der Waals surface area contributed by atoms with E-state index in [4.69, 9.17) is 0 Å². The van der Waals surface area contributed by atoms with Gasteiger partial charge < -0.3 is 5.32 Å². The number of nitriles is 1. The van der Waals surface area contributed by atoms with E-state index in [1.807, 2.05) is 11.8 Å². The molecule has 2 saturated heterocycles. The molecule has 0 saturated carbocycles. The number of hydrogen-bond acceptors (Lipinski definition) is 4. The minimum Gasteiger partial charge on any atom is -0.314 e. The summed E-state index contributed by atoms with van der Waals surface area (Å²) in [6.45, 7) is 4.14. The number of hydrogen-bond donors (Lipinski definition) is 1. The number of nitrogens with zero attached hydrogens (tertiary/aromatic N) is 2. The molecule has 0 bridgehead atoms. The first kappa shape index (κ1) is 9.32. The van der Waals surface area contributed by atoms with E-state index in [0.29, 0.717) is 0 Å². The molecular formula is C9H15N3S. The summed E-state index contributed by atoms with van der Waals surface area (Å²) in [4.78, 5) is 2.36. The Morgan fingerprint density at radius 2 is 2.15 bits per heavy atom. The van der Waals surface area contributed by atoms with E-state index < -0.39 is 0 Å². The minimum absolute atomic E-state index is 0.132. The molecule has 4 heteroatoms. The predicted octanol–water partition coefficient (Wildman–Crippen LogP) is 0.291. The Bertz CT molecular complexity index is 211. The van der Waals surface area contributed by atoms with E-state index >= 15 is 0 Å². The number of nitrogens with one attached hydrogen (secondary N) is 1. The molecule has 0 aliphatic carbocycles. The molecule has 2 fully saturated rings. The Labute approximate surface area is 83.5 Å². The average Bonchev–Trinajstić information content (AvgIpc) is 2.69. The summed E-state index contributed by atoms with van der Waals surface area (Å²) < 4.78 is 0. The van der Waals surface area contributed by atoms with Gasteiger partial charge in [-0.2, -0.15) is 17.0 Å². The van der Waals surface area contributed by atoms with Gasteiger partial charge in [0.1, 0.15) is 5.54 Å². The lowest BCUT2D eigenvalue weighted by molar-refractivity contribution is 0.138. The fourth-order valence-corrected chi connectivity index (χ4v) is 3.41. The molecule has 0 aromatic carbocycles. The van der Waals surface area contributed by atoms with Crippen molar-refractivity contribution in [1.82, 2.24) is 10.2 Å². The SMILES string of the molecule is N#CC1(N2CCNCC2)CCSC1. The molecule has 2 rings (SSSR count). The Hall–Kier alpha value is -0.240. The summed E-state index contributed by atoms with van der Waals surface area (Å²) in [5.41, 5.74) is -0.132. The van der Waals surface area contributed by atoms with Gasteiger partial charge in [-0.1, -0.05) is 0 Å². The van der Waals surface area contributed by atoms with Crippen molar-refractivity contribution in [1.29, 1.82) is 5.26 Å². The van der Waals surface area contributed by atoms with Crippen LogP contribution < -0.4 is 5.32 Å². The standard InChI is InChI=1S/C9H15N3S/c10-7-9(1-6-13-8-9)12-4-2-11-3-5-12/h11H,1-6,8H2. The Morgan fingerprint density at radius 3 is 2.69 bits per heavy atom. The van der Waals surface area contributed by atoms with Crippen LogP contribution in [0.4, 0.5) is 0 Å². The van der Waals surface area contributed by atoms with Crippen molar-refractivity contribution < 1.29 is 0 Å². The quantitative estimate of drug-likeness (QED) is 0.656. The van der Waals surface area contributed by atoms with Crippen LogP contribution in [0.15, 0.2) is 0 Å². The highest BCUT2D eigenvalue weighted by molar-refractivity contribution is 7.99. The van der Waals surface area contributed by atoms with Gasteiger partial charge in [-0.05, 0) is 12.2 Å². The average molecular weight is 197 g/mol. The number of thioether (sulfide) groups is 1. The first-order valence-electron chi connectivity index (χ1n) is 4.82. The molecule has 0 aromatic heterocycles. The fraction of sp³-hybridized carbons (Fsp3) is 0.889. The van der Waals surface area contributed by atoms with Crippen LogP contribution in [0, 0.1) is 11.3 Å². The first-order chi connectivity index (χ1) is 6.37. The van der Waals surface area contributed by atoms with Gasteiger partial charge in [0.05, 0.1) is 6.07 Å². The van der Waals surface area contributed by atoms with E-state index in [1.54, 1.807) is 0 Å². The molecule has 13 heavy (non-hydrogen) atoms. The van der Waals surface area contributed by atoms with E-state index in [2.05, 4.69) is 16.3 Å². The van der Waals surface area contributed by atoms with Crippen LogP contribution >= 0.6 is 11.8 Å². The molecule has 1 atom stereocenters. The van der Waals surface area contributed by atoms with Crippen LogP contribution in [-0.4, -0.2) is 48.1 Å². The number of piperazine rings is 1. The second-order valence-corrected chi connectivity index (χ2v) is 4.79. The molecule has 1 unspecified atom stereocenters. The second-order valence-electron chi connectivity index (χ2n) is 3.68. The van der Waals surface area contributed by atoms with Gasteiger partial charge in [-0.15, -0.1) is 0 Å². The van der Waals surface area contributed by atoms with Crippen LogP contribution in [0.5, 0.6) is 0 Å². The molecule has 2 aliphatic rings. The van der Waals surface area contributed by atoms with Crippen molar-refractivity contribution in [3.63, 3.8) is 0 Å². The largest absolute Gasteiger partial charge is 0.314 e. The van der Waals surface area contributed by atoms with Gasteiger partial charge in [0.25, 0.3) is 0 Å². The van der Waals surface area contributed by atoms with Crippen LogP contribution in [0.3, 0.4) is 0 Å². The van der Waals surface area contributed by atoms with Crippen LogP contribution in [0.25, 0.3) is 0 Å². The monoisotopic (exact) mass is 197 g/mol. The smallest absolute Gasteiger partial charge is 0.119 e. The maximum absolute atomic E-state index is 9.24. The summed E-state index contributed by atoms with van der Waals surface area (Å²) in [5, 5.41) is 12.6. The lowest BCUT2D eigenvalue weighted by Gasteiger charge is -2.38. The molecule has 0 aromatic rings. The molecule has 0 radical (unpaired) electrons. The second kappa shape index (κ2) is 3.87. The van der Waals surface area contributed by atoms with Crippen molar-refractivity contribution >= 4 is 11.8 Å². The zero-order chi connectivity index (χ0) is 9.15. The van der Waals surface area contributed by atoms with Crippen molar-refractivity contribution in [2.75, 3.05) is 37.7 Å². The molecule has 1 N–H and O–H groups in total. The summed E-state index contributed by atoms with van der Waals surface area (Å²) in [6.07, 6.45) is 1.05. The van der Waals surface area contributed by atoms with Gasteiger partial charge >= 0.3 is 0 Å². The minimum atomic E-state index is -0.132. The molecular weight excluding hydrogens is 182 g/mol. The topological polar surface area (TPSA) is 39.1 Å². The van der Waals surface area contributed by atoms with Crippen molar-refractivity contribution in [2.45, 2.75) is 12.0 Å². The van der Waals surface area contributed by atoms with Gasteiger partial charge in [-0.25, -0.2) is 0 Å². The van der Waals surface area contributed by atoms with Crippen molar-refractivity contribution in [3.8, 4) is 6.07 Å². The van der Waals surface area contributed by atoms with Crippen LogP contribution in [-0.2, 0) is 0 Å². The van der Waals surface area contributed by atoms with Crippen molar-refractivity contribution in [3.05, 3.63) is 0 Å². The third-order valence-corrected chi connectivity index (χ3v) is 4.11. The van der Waals surface area contributed by atoms with E-state index in [9.17, 15) is 5.26 Å². The Balaban J connectivity index is 2.06. The van der Waals surface area contributed by atoms with E-state index in [1.165, 1.54) is 0 Å². The first-order valence-corrected chi connectivity index (χ1v) is 5.98. The lowest BCUT2D eigenvalue weighted by Crippen LogP contribution is -2.55. The van der Waals surface area contributed by atoms with E-state index in [-0.39, 0.29) is 5.54 Å². The highest BCUT2D eigenvalue weighted by Crippen LogP contribution is 2.32. The van der Waals surface area contributed by atoms with Gasteiger partial charge in [0.15, 0.2) is 0 Å². The number of rotatable bonds is 1. The van der Waals surface area contributed by atoms with Gasteiger partial charge in [-0.3, -0.25) is 4.90 Å². The molecule has 2 aliphatic heterocycles. The maximum atomic E-state index is 9.24. The third-order valence-electron chi connectivity index (χ3n) is 2.93. The van der Waals surface area contributed by atoms with Gasteiger partial charge in [0.2, 0.25) is 0 Å². The Morgan fingerprint density at radius 1 is 1.38 bits per heavy atom. The third kappa shape index (κ3) is 1.69. The molecule has 2 heterocycles. The molecule has 72 valence electrons. The zero-order valence-electron chi connectivity index (χ0n) is 7.75. The predicted molar refractivity (Wildman–Crippen MR) is 54.7 cm³/mol. The van der Waals surface area contributed by atoms with E-state index in [0.717, 1.165) is 44.1 Å². The summed E-state index contributed by atoms with van der Waals surface area (Å²) >= 11 is 1.91. The zero-order valence-corrected chi connectivity index (χ0v) is 8.57. The molecule has 0 amide bonds. The summed E-state index contributed by atoms with van der Waals surface area (Å²) in [7, 11) is 0. The molecule has 3 nitrogen and oxygen atoms in total. The summed E-state index contributed by atoms with van der Waals surface area (Å²) in [5.74, 6) is 2.15. The summed E-state index contributed by atoms with van der Waals surface area (Å²) in [6, 6.07) is 2.52. The fourth-order valence-electron chi connectivity index (χ4n) is 2.06. The van der Waals surface area contributed by atoms with Gasteiger partial charge in [0, 0.05) is 31.9 Å². The van der Waals surface area contributed by atoms with Crippen LogP contribution in [0.1, 0.15) is 6.42 Å². The van der Waals surface area contributed by atoms with Crippen LogP contribution in [0.2, 0.25) is 0 Å². The van der Waals surface area contributed by atoms with Crippen molar-refractivity contribution in [2.24, 2.45) is 0 Å².